The fraction of sp³-hybridized carbons (Fsp3) is 0.727. The highest BCUT2D eigenvalue weighted by molar-refractivity contribution is 5.50. The molecule has 1 aromatic rings. The van der Waals surface area contributed by atoms with Crippen molar-refractivity contribution in [2.24, 2.45) is 12.8 Å². The molecule has 0 aliphatic heterocycles. The van der Waals surface area contributed by atoms with E-state index in [1.54, 1.807) is 0 Å². The van der Waals surface area contributed by atoms with Crippen LogP contribution in [0.3, 0.4) is 0 Å². The van der Waals surface area contributed by atoms with E-state index in [4.69, 9.17) is 10.8 Å². The van der Waals surface area contributed by atoms with Crippen molar-refractivity contribution in [3.05, 3.63) is 11.3 Å². The van der Waals surface area contributed by atoms with Gasteiger partial charge in [0.2, 0.25) is 0 Å². The topological polar surface area (TPSA) is 67.3 Å². The molecule has 0 fully saturated rings. The Labute approximate surface area is 96.9 Å². The van der Waals surface area contributed by atoms with Crippen LogP contribution in [0.2, 0.25) is 0 Å². The van der Waals surface area contributed by atoms with E-state index >= 15 is 0 Å². The average molecular weight is 226 g/mol. The SMILES string of the molecule is Cc1nn(C)c(N(CCO)C(C)C)c1CN. The molecule has 0 atom stereocenters. The summed E-state index contributed by atoms with van der Waals surface area (Å²) in [4.78, 5) is 2.13. The maximum absolute atomic E-state index is 9.11. The van der Waals surface area contributed by atoms with Gasteiger partial charge in [0, 0.05) is 31.7 Å². The molecular weight excluding hydrogens is 204 g/mol. The van der Waals surface area contributed by atoms with Gasteiger partial charge in [0.05, 0.1) is 12.3 Å². The second-order valence-electron chi connectivity index (χ2n) is 4.23. The second kappa shape index (κ2) is 5.32. The van der Waals surface area contributed by atoms with Gasteiger partial charge >= 0.3 is 0 Å². The summed E-state index contributed by atoms with van der Waals surface area (Å²) in [5.41, 5.74) is 7.78. The van der Waals surface area contributed by atoms with Crippen molar-refractivity contribution in [2.75, 3.05) is 18.1 Å². The Bertz CT molecular complexity index is 346. The van der Waals surface area contributed by atoms with Gasteiger partial charge in [-0.1, -0.05) is 0 Å². The highest BCUT2D eigenvalue weighted by Gasteiger charge is 2.19. The van der Waals surface area contributed by atoms with Crippen molar-refractivity contribution in [3.63, 3.8) is 0 Å². The van der Waals surface area contributed by atoms with Crippen LogP contribution in [-0.2, 0) is 13.6 Å². The van der Waals surface area contributed by atoms with Gasteiger partial charge < -0.3 is 15.7 Å². The van der Waals surface area contributed by atoms with E-state index in [9.17, 15) is 0 Å². The minimum atomic E-state index is 0.131. The Morgan fingerprint density at radius 1 is 1.50 bits per heavy atom. The summed E-state index contributed by atoms with van der Waals surface area (Å²) in [6.07, 6.45) is 0. The quantitative estimate of drug-likeness (QED) is 0.762. The lowest BCUT2D eigenvalue weighted by Gasteiger charge is -2.29. The summed E-state index contributed by atoms with van der Waals surface area (Å²) in [6.45, 7) is 7.36. The van der Waals surface area contributed by atoms with Crippen LogP contribution in [0.1, 0.15) is 25.1 Å². The number of aliphatic hydroxyl groups excluding tert-OH is 1. The van der Waals surface area contributed by atoms with Crippen LogP contribution in [0.15, 0.2) is 0 Å². The number of nitrogens with two attached hydrogens (primary N) is 1. The minimum Gasteiger partial charge on any atom is -0.395 e. The number of rotatable bonds is 5. The van der Waals surface area contributed by atoms with E-state index < -0.39 is 0 Å². The average Bonchev–Trinajstić information content (AvgIpc) is 2.49. The van der Waals surface area contributed by atoms with Crippen molar-refractivity contribution in [2.45, 2.75) is 33.4 Å². The molecule has 1 rings (SSSR count). The second-order valence-corrected chi connectivity index (χ2v) is 4.23. The molecule has 0 radical (unpaired) electrons. The number of aromatic nitrogens is 2. The zero-order chi connectivity index (χ0) is 12.3. The monoisotopic (exact) mass is 226 g/mol. The zero-order valence-electron chi connectivity index (χ0n) is 10.6. The Balaban J connectivity index is 3.16. The first kappa shape index (κ1) is 13.0. The van der Waals surface area contributed by atoms with Crippen LogP contribution in [0.4, 0.5) is 5.82 Å². The summed E-state index contributed by atoms with van der Waals surface area (Å²) >= 11 is 0. The van der Waals surface area contributed by atoms with Crippen molar-refractivity contribution in [1.82, 2.24) is 9.78 Å². The number of anilines is 1. The van der Waals surface area contributed by atoms with Crippen LogP contribution in [-0.4, -0.2) is 34.1 Å². The summed E-state index contributed by atoms with van der Waals surface area (Å²) < 4.78 is 1.84. The highest BCUT2D eigenvalue weighted by atomic mass is 16.3. The maximum atomic E-state index is 9.11. The summed E-state index contributed by atoms with van der Waals surface area (Å²) in [7, 11) is 1.91. The molecule has 0 spiro atoms. The van der Waals surface area contributed by atoms with Crippen LogP contribution in [0.25, 0.3) is 0 Å². The van der Waals surface area contributed by atoms with E-state index in [-0.39, 0.29) is 6.61 Å². The van der Waals surface area contributed by atoms with E-state index in [1.165, 1.54) is 0 Å². The third-order valence-electron chi connectivity index (χ3n) is 2.75. The van der Waals surface area contributed by atoms with E-state index in [0.29, 0.717) is 19.1 Å². The van der Waals surface area contributed by atoms with E-state index in [2.05, 4.69) is 23.8 Å². The van der Waals surface area contributed by atoms with Crippen molar-refractivity contribution in [1.29, 1.82) is 0 Å². The molecule has 0 aliphatic carbocycles. The summed E-state index contributed by atoms with van der Waals surface area (Å²) in [5.74, 6) is 1.02. The minimum absolute atomic E-state index is 0.131. The normalized spacial score (nSPS) is 11.2. The first-order valence-electron chi connectivity index (χ1n) is 5.63. The summed E-state index contributed by atoms with van der Waals surface area (Å²) in [5, 5.41) is 13.5. The first-order chi connectivity index (χ1) is 7.52. The molecule has 0 aliphatic rings. The van der Waals surface area contributed by atoms with Crippen molar-refractivity contribution in [3.8, 4) is 0 Å². The van der Waals surface area contributed by atoms with Crippen molar-refractivity contribution < 1.29 is 5.11 Å². The van der Waals surface area contributed by atoms with Gasteiger partial charge in [0.25, 0.3) is 0 Å². The van der Waals surface area contributed by atoms with Crippen molar-refractivity contribution >= 4 is 5.82 Å². The molecule has 0 saturated heterocycles. The Morgan fingerprint density at radius 2 is 2.12 bits per heavy atom. The lowest BCUT2D eigenvalue weighted by atomic mass is 10.2. The molecule has 0 amide bonds. The van der Waals surface area contributed by atoms with Gasteiger partial charge in [-0.3, -0.25) is 4.68 Å². The van der Waals surface area contributed by atoms with Gasteiger partial charge in [0.15, 0.2) is 0 Å². The van der Waals surface area contributed by atoms with E-state index in [0.717, 1.165) is 17.1 Å². The van der Waals surface area contributed by atoms with Gasteiger partial charge in [0.1, 0.15) is 5.82 Å². The molecule has 0 unspecified atom stereocenters. The maximum Gasteiger partial charge on any atom is 0.131 e. The lowest BCUT2D eigenvalue weighted by molar-refractivity contribution is 0.298. The third-order valence-corrected chi connectivity index (χ3v) is 2.75. The predicted molar refractivity (Wildman–Crippen MR) is 65.4 cm³/mol. The largest absolute Gasteiger partial charge is 0.395 e. The molecule has 5 nitrogen and oxygen atoms in total. The fourth-order valence-electron chi connectivity index (χ4n) is 2.00. The molecule has 0 bridgehead atoms. The molecule has 92 valence electrons. The Morgan fingerprint density at radius 3 is 2.56 bits per heavy atom. The number of hydrogen-bond donors (Lipinski definition) is 2. The standard InChI is InChI=1S/C11H22N4O/c1-8(2)15(5-6-16)11-10(7-12)9(3)13-14(11)4/h8,16H,5-7,12H2,1-4H3. The van der Waals surface area contributed by atoms with Crippen LogP contribution < -0.4 is 10.6 Å². The number of aliphatic hydroxyl groups is 1. The first-order valence-corrected chi connectivity index (χ1v) is 5.63. The molecule has 5 heteroatoms. The number of nitrogens with zero attached hydrogens (tertiary/aromatic N) is 3. The Hall–Kier alpha value is -1.07. The molecule has 0 aromatic carbocycles. The van der Waals surface area contributed by atoms with Crippen LogP contribution in [0.5, 0.6) is 0 Å². The van der Waals surface area contributed by atoms with Crippen LogP contribution >= 0.6 is 0 Å². The molecular formula is C11H22N4O. The molecule has 3 N–H and O–H groups in total. The van der Waals surface area contributed by atoms with E-state index in [1.807, 2.05) is 18.7 Å². The molecule has 1 aromatic heterocycles. The third kappa shape index (κ3) is 2.36. The molecule has 16 heavy (non-hydrogen) atoms. The smallest absolute Gasteiger partial charge is 0.131 e. The highest BCUT2D eigenvalue weighted by Crippen LogP contribution is 2.24. The predicted octanol–water partition coefficient (Wildman–Crippen LogP) is 0.394. The fourth-order valence-corrected chi connectivity index (χ4v) is 2.00. The van der Waals surface area contributed by atoms with Crippen LogP contribution in [0, 0.1) is 6.92 Å². The summed E-state index contributed by atoms with van der Waals surface area (Å²) in [6, 6.07) is 0.312. The van der Waals surface area contributed by atoms with Gasteiger partial charge in [-0.2, -0.15) is 5.10 Å². The molecule has 1 heterocycles. The lowest BCUT2D eigenvalue weighted by Crippen LogP contribution is -2.35. The van der Waals surface area contributed by atoms with Gasteiger partial charge in [-0.05, 0) is 20.8 Å². The number of aryl methyl sites for hydroxylation is 2. The Kier molecular flexibility index (Phi) is 4.32. The number of hydrogen-bond acceptors (Lipinski definition) is 4. The van der Waals surface area contributed by atoms with Gasteiger partial charge in [-0.25, -0.2) is 0 Å². The zero-order valence-corrected chi connectivity index (χ0v) is 10.6. The molecule has 0 saturated carbocycles. The van der Waals surface area contributed by atoms with Gasteiger partial charge in [-0.15, -0.1) is 0 Å².